The zero-order valence-electron chi connectivity index (χ0n) is 16.1. The lowest BCUT2D eigenvalue weighted by Gasteiger charge is -2.24. The summed E-state index contributed by atoms with van der Waals surface area (Å²) in [7, 11) is 0. The number of likely N-dealkylation sites (tertiary alicyclic amines) is 1. The Kier molecular flexibility index (Phi) is 5.98. The molecule has 1 N–H and O–H groups in total. The van der Waals surface area contributed by atoms with Gasteiger partial charge in [-0.05, 0) is 66.9 Å². The lowest BCUT2D eigenvalue weighted by atomic mass is 10.0. The molecule has 1 fully saturated rings. The number of halogens is 4. The molecule has 2 aromatic carbocycles. The molecule has 0 saturated carbocycles. The van der Waals surface area contributed by atoms with Gasteiger partial charge in [-0.1, -0.05) is 23.7 Å². The highest BCUT2D eigenvalue weighted by atomic mass is 35.5. The fourth-order valence-corrected chi connectivity index (χ4v) is 4.54. The van der Waals surface area contributed by atoms with Crippen molar-refractivity contribution in [3.05, 3.63) is 58.7 Å². The van der Waals surface area contributed by atoms with Gasteiger partial charge in [0.05, 0.1) is 11.0 Å². The number of amides is 1. The molecule has 0 radical (unpaired) electrons. The zero-order chi connectivity index (χ0) is 22.2. The molecule has 1 saturated heterocycles. The van der Waals surface area contributed by atoms with Gasteiger partial charge >= 0.3 is 5.51 Å². The van der Waals surface area contributed by atoms with Crippen LogP contribution in [0.5, 0.6) is 5.88 Å². The molecule has 1 aliphatic heterocycles. The number of aromatic hydroxyl groups is 1. The first kappa shape index (κ1) is 21.7. The summed E-state index contributed by atoms with van der Waals surface area (Å²) in [4.78, 5) is 22.8. The number of nitrogens with zero attached hydrogens (tertiary/aromatic N) is 3. The summed E-state index contributed by atoms with van der Waals surface area (Å²) in [5.41, 5.74) is -3.33. The minimum absolute atomic E-state index is 0.0751. The van der Waals surface area contributed by atoms with Gasteiger partial charge in [-0.15, -0.1) is 0 Å². The van der Waals surface area contributed by atoms with Gasteiger partial charge in [0.15, 0.2) is 5.69 Å². The molecular formula is C21H17ClF3N3O2S. The van der Waals surface area contributed by atoms with E-state index >= 15 is 0 Å². The van der Waals surface area contributed by atoms with E-state index < -0.39 is 17.3 Å². The van der Waals surface area contributed by atoms with Crippen molar-refractivity contribution < 1.29 is 23.1 Å². The number of hydrogen-bond acceptors (Lipinski definition) is 5. The summed E-state index contributed by atoms with van der Waals surface area (Å²) in [5.74, 6) is -1.05. The van der Waals surface area contributed by atoms with E-state index in [1.54, 1.807) is 11.0 Å². The van der Waals surface area contributed by atoms with Crippen molar-refractivity contribution in [1.82, 2.24) is 14.9 Å². The minimum atomic E-state index is -4.44. The Balaban J connectivity index is 1.59. The van der Waals surface area contributed by atoms with E-state index in [4.69, 9.17) is 11.6 Å². The molecule has 162 valence electrons. The van der Waals surface area contributed by atoms with E-state index in [0.717, 1.165) is 18.4 Å². The Hall–Kier alpha value is -2.52. The highest BCUT2D eigenvalue weighted by Gasteiger charge is 2.33. The molecular weight excluding hydrogens is 451 g/mol. The van der Waals surface area contributed by atoms with Gasteiger partial charge in [0.1, 0.15) is 0 Å². The second kappa shape index (κ2) is 8.55. The highest BCUT2D eigenvalue weighted by Crippen LogP contribution is 2.38. The number of fused-ring (bicyclic) bond motifs is 1. The average Bonchev–Trinajstić information content (AvgIpc) is 3.13. The van der Waals surface area contributed by atoms with E-state index in [0.29, 0.717) is 18.0 Å². The number of carbonyl (C=O) groups is 1. The fraction of sp³-hybridized carbons (Fsp3) is 0.286. The van der Waals surface area contributed by atoms with Crippen molar-refractivity contribution in [3.8, 4) is 5.88 Å². The summed E-state index contributed by atoms with van der Waals surface area (Å²) in [5, 5.41) is 10.9. The normalized spacial score (nSPS) is 16.8. The first-order valence-corrected chi connectivity index (χ1v) is 10.7. The number of alkyl halides is 3. The molecule has 1 unspecified atom stereocenters. The largest absolute Gasteiger partial charge is 0.492 e. The molecule has 0 bridgehead atoms. The Morgan fingerprint density at radius 3 is 2.74 bits per heavy atom. The van der Waals surface area contributed by atoms with Crippen LogP contribution in [0, 0.1) is 0 Å². The number of rotatable bonds is 4. The number of aromatic nitrogens is 2. The summed E-state index contributed by atoms with van der Waals surface area (Å²) in [6.07, 6.45) is 2.24. The molecule has 0 spiro atoms. The number of hydrogen-bond donors (Lipinski definition) is 1. The van der Waals surface area contributed by atoms with E-state index in [2.05, 4.69) is 9.97 Å². The molecule has 1 atom stereocenters. The molecule has 10 heteroatoms. The van der Waals surface area contributed by atoms with Crippen molar-refractivity contribution in [2.45, 2.75) is 35.7 Å². The minimum Gasteiger partial charge on any atom is -0.492 e. The maximum absolute atomic E-state index is 13.1. The molecule has 5 nitrogen and oxygen atoms in total. The van der Waals surface area contributed by atoms with Crippen LogP contribution in [0.15, 0.2) is 47.4 Å². The molecule has 4 rings (SSSR count). The van der Waals surface area contributed by atoms with Gasteiger partial charge in [-0.2, -0.15) is 13.2 Å². The van der Waals surface area contributed by atoms with Gasteiger partial charge in [0.2, 0.25) is 5.88 Å². The van der Waals surface area contributed by atoms with Crippen LogP contribution in [0.2, 0.25) is 5.02 Å². The second-order valence-electron chi connectivity index (χ2n) is 7.22. The van der Waals surface area contributed by atoms with Gasteiger partial charge in [-0.25, -0.2) is 9.97 Å². The van der Waals surface area contributed by atoms with E-state index in [-0.39, 0.29) is 39.4 Å². The molecule has 2 heterocycles. The van der Waals surface area contributed by atoms with Gasteiger partial charge in [0.25, 0.3) is 5.91 Å². The summed E-state index contributed by atoms with van der Waals surface area (Å²) >= 11 is 5.77. The zero-order valence-corrected chi connectivity index (χ0v) is 17.6. The standard InChI is InChI=1S/C21H17ClF3N3O2S/c22-13-4-1-3-12(9-13)10-14-5-2-8-28(14)20(30)18-19(29)27-17-11-15(31-21(23,24)25)6-7-16(17)26-18/h1,3-4,6-7,9,11,14H,2,5,8,10H2,(H,27,29). The van der Waals surface area contributed by atoms with Crippen LogP contribution in [0.4, 0.5) is 13.2 Å². The average molecular weight is 468 g/mol. The monoisotopic (exact) mass is 467 g/mol. The van der Waals surface area contributed by atoms with Crippen LogP contribution >= 0.6 is 23.4 Å². The number of thioether (sulfide) groups is 1. The SMILES string of the molecule is O=C(c1nc2ccc(SC(F)(F)F)cc2nc1O)N1CCCC1Cc1cccc(Cl)c1. The Bertz CT molecular complexity index is 1140. The quantitative estimate of drug-likeness (QED) is 0.517. The lowest BCUT2D eigenvalue weighted by molar-refractivity contribution is -0.0328. The van der Waals surface area contributed by atoms with Crippen molar-refractivity contribution in [3.63, 3.8) is 0 Å². The maximum Gasteiger partial charge on any atom is 0.446 e. The van der Waals surface area contributed by atoms with E-state index in [9.17, 15) is 23.1 Å². The summed E-state index contributed by atoms with van der Waals surface area (Å²) in [6, 6.07) is 11.2. The van der Waals surface area contributed by atoms with Crippen LogP contribution in [-0.2, 0) is 6.42 Å². The summed E-state index contributed by atoms with van der Waals surface area (Å²) < 4.78 is 37.8. The van der Waals surface area contributed by atoms with Crippen LogP contribution in [0.1, 0.15) is 28.9 Å². The molecule has 0 aliphatic carbocycles. The molecule has 1 amide bonds. The van der Waals surface area contributed by atoms with Crippen LogP contribution in [0.25, 0.3) is 11.0 Å². The topological polar surface area (TPSA) is 66.3 Å². The third-order valence-corrected chi connectivity index (χ3v) is 6.01. The number of carbonyl (C=O) groups excluding carboxylic acids is 1. The lowest BCUT2D eigenvalue weighted by Crippen LogP contribution is -2.37. The third-order valence-electron chi connectivity index (χ3n) is 5.05. The maximum atomic E-state index is 13.1. The van der Waals surface area contributed by atoms with Crippen molar-refractivity contribution in [2.24, 2.45) is 0 Å². The first-order valence-electron chi connectivity index (χ1n) is 9.51. The fourth-order valence-electron chi connectivity index (χ4n) is 3.75. The van der Waals surface area contributed by atoms with Crippen LogP contribution in [-0.4, -0.2) is 44.0 Å². The smallest absolute Gasteiger partial charge is 0.446 e. The summed E-state index contributed by atoms with van der Waals surface area (Å²) in [6.45, 7) is 0.518. The van der Waals surface area contributed by atoms with Crippen molar-refractivity contribution in [1.29, 1.82) is 0 Å². The van der Waals surface area contributed by atoms with Crippen molar-refractivity contribution in [2.75, 3.05) is 6.54 Å². The second-order valence-corrected chi connectivity index (χ2v) is 8.80. The Morgan fingerprint density at radius 1 is 1.19 bits per heavy atom. The van der Waals surface area contributed by atoms with Gasteiger partial charge < -0.3 is 10.0 Å². The Morgan fingerprint density at radius 2 is 2.00 bits per heavy atom. The Labute approximate surface area is 185 Å². The van der Waals surface area contributed by atoms with Crippen LogP contribution in [0.3, 0.4) is 0 Å². The highest BCUT2D eigenvalue weighted by molar-refractivity contribution is 8.00. The predicted molar refractivity (Wildman–Crippen MR) is 112 cm³/mol. The van der Waals surface area contributed by atoms with E-state index in [1.807, 2.05) is 18.2 Å². The molecule has 1 aromatic heterocycles. The third kappa shape index (κ3) is 5.04. The number of benzene rings is 2. The first-order chi connectivity index (χ1) is 14.7. The van der Waals surface area contributed by atoms with Gasteiger partial charge in [-0.3, -0.25) is 4.79 Å². The molecule has 3 aromatic rings. The van der Waals surface area contributed by atoms with E-state index in [1.165, 1.54) is 18.2 Å². The van der Waals surface area contributed by atoms with Crippen molar-refractivity contribution >= 4 is 40.3 Å². The predicted octanol–water partition coefficient (Wildman–Crippen LogP) is 5.45. The van der Waals surface area contributed by atoms with Crippen LogP contribution < -0.4 is 0 Å². The molecule has 1 aliphatic rings. The molecule has 31 heavy (non-hydrogen) atoms. The van der Waals surface area contributed by atoms with Gasteiger partial charge in [0, 0.05) is 22.5 Å².